The molecule has 0 bridgehead atoms. The molecule has 0 radical (unpaired) electrons. The summed E-state index contributed by atoms with van der Waals surface area (Å²) in [5, 5.41) is 11.5. The predicted molar refractivity (Wildman–Crippen MR) is 123 cm³/mol. The van der Waals surface area contributed by atoms with Crippen LogP contribution in [0.3, 0.4) is 0 Å². The molecule has 0 unspecified atom stereocenters. The van der Waals surface area contributed by atoms with Gasteiger partial charge in [-0.3, -0.25) is 4.79 Å². The molecular weight excluding hydrogens is 408 g/mol. The Hall–Kier alpha value is -3.81. The first kappa shape index (κ1) is 21.4. The lowest BCUT2D eigenvalue weighted by atomic mass is 10.1. The second kappa shape index (κ2) is 10.00. The molecular formula is C24H26N4O4. The first-order valence-electron chi connectivity index (χ1n) is 10.5. The van der Waals surface area contributed by atoms with Crippen LogP contribution in [0.25, 0.3) is 11.3 Å². The molecule has 1 saturated heterocycles. The first-order valence-corrected chi connectivity index (χ1v) is 10.5. The van der Waals surface area contributed by atoms with E-state index in [-0.39, 0.29) is 12.5 Å². The summed E-state index contributed by atoms with van der Waals surface area (Å²) in [5.41, 5.74) is 2.40. The number of nitrogens with zero attached hydrogens (tertiary/aromatic N) is 3. The number of anilines is 2. The highest BCUT2D eigenvalue weighted by Crippen LogP contribution is 2.27. The highest BCUT2D eigenvalue weighted by Gasteiger charge is 2.14. The molecule has 166 valence electrons. The number of amides is 1. The monoisotopic (exact) mass is 434 g/mol. The average Bonchev–Trinajstić information content (AvgIpc) is 3.38. The highest BCUT2D eigenvalue weighted by molar-refractivity contribution is 5.92. The lowest BCUT2D eigenvalue weighted by Crippen LogP contribution is -2.20. The molecule has 8 nitrogen and oxygen atoms in total. The van der Waals surface area contributed by atoms with Crippen LogP contribution in [0.15, 0.2) is 54.6 Å². The van der Waals surface area contributed by atoms with Gasteiger partial charge in [0.25, 0.3) is 5.91 Å². The fraction of sp³-hybridized carbons (Fsp3) is 0.292. The largest absolute Gasteiger partial charge is 0.496 e. The van der Waals surface area contributed by atoms with E-state index in [1.807, 2.05) is 36.4 Å². The van der Waals surface area contributed by atoms with E-state index in [0.29, 0.717) is 22.9 Å². The zero-order valence-electron chi connectivity index (χ0n) is 18.2. The number of hydrogen-bond acceptors (Lipinski definition) is 7. The summed E-state index contributed by atoms with van der Waals surface area (Å²) in [4.78, 5) is 14.5. The Morgan fingerprint density at radius 2 is 1.56 bits per heavy atom. The SMILES string of the molecule is COc1cc(OC)cc(OCC(=O)Nc2ccc(-c3ccc(N4CCCC4)nn3)cc2)c1. The summed E-state index contributed by atoms with van der Waals surface area (Å²) < 4.78 is 16.0. The van der Waals surface area contributed by atoms with Crippen molar-refractivity contribution in [1.82, 2.24) is 10.2 Å². The maximum Gasteiger partial charge on any atom is 0.262 e. The normalized spacial score (nSPS) is 13.0. The number of benzene rings is 2. The maximum atomic E-state index is 12.3. The molecule has 1 aliphatic rings. The lowest BCUT2D eigenvalue weighted by Gasteiger charge is -2.15. The second-order valence-corrected chi connectivity index (χ2v) is 7.43. The Morgan fingerprint density at radius 3 is 2.16 bits per heavy atom. The smallest absolute Gasteiger partial charge is 0.262 e. The Labute approximate surface area is 187 Å². The molecule has 0 spiro atoms. The number of rotatable bonds is 8. The van der Waals surface area contributed by atoms with Crippen LogP contribution in [0.5, 0.6) is 17.2 Å². The van der Waals surface area contributed by atoms with Crippen molar-refractivity contribution in [3.63, 3.8) is 0 Å². The fourth-order valence-electron chi connectivity index (χ4n) is 3.53. The Bertz CT molecular complexity index is 1030. The van der Waals surface area contributed by atoms with E-state index in [0.717, 1.165) is 30.2 Å². The van der Waals surface area contributed by atoms with Gasteiger partial charge in [0.2, 0.25) is 0 Å². The quantitative estimate of drug-likeness (QED) is 0.577. The van der Waals surface area contributed by atoms with E-state index in [2.05, 4.69) is 20.4 Å². The molecule has 2 heterocycles. The minimum absolute atomic E-state index is 0.137. The first-order chi connectivity index (χ1) is 15.6. The summed E-state index contributed by atoms with van der Waals surface area (Å²) in [6.45, 7) is 1.94. The topological polar surface area (TPSA) is 85.8 Å². The van der Waals surface area contributed by atoms with Gasteiger partial charge in [0.05, 0.1) is 19.9 Å². The van der Waals surface area contributed by atoms with Crippen molar-refractivity contribution in [3.05, 3.63) is 54.6 Å². The van der Waals surface area contributed by atoms with Crippen LogP contribution < -0.4 is 24.4 Å². The van der Waals surface area contributed by atoms with Gasteiger partial charge in [0, 0.05) is 42.5 Å². The van der Waals surface area contributed by atoms with Crippen LogP contribution >= 0.6 is 0 Å². The number of aromatic nitrogens is 2. The van der Waals surface area contributed by atoms with E-state index in [1.165, 1.54) is 12.8 Å². The van der Waals surface area contributed by atoms with Gasteiger partial charge in [-0.25, -0.2) is 0 Å². The van der Waals surface area contributed by atoms with Crippen molar-refractivity contribution in [2.75, 3.05) is 44.1 Å². The van der Waals surface area contributed by atoms with E-state index in [4.69, 9.17) is 14.2 Å². The number of carbonyl (C=O) groups excluding carboxylic acids is 1. The number of nitrogens with one attached hydrogen (secondary N) is 1. The summed E-state index contributed by atoms with van der Waals surface area (Å²) in [6.07, 6.45) is 2.41. The van der Waals surface area contributed by atoms with Crippen LogP contribution in [-0.2, 0) is 4.79 Å². The van der Waals surface area contributed by atoms with E-state index in [1.54, 1.807) is 32.4 Å². The number of carbonyl (C=O) groups is 1. The van der Waals surface area contributed by atoms with Crippen molar-refractivity contribution >= 4 is 17.4 Å². The van der Waals surface area contributed by atoms with Gasteiger partial charge < -0.3 is 24.4 Å². The summed E-state index contributed by atoms with van der Waals surface area (Å²) in [7, 11) is 3.12. The molecule has 0 saturated carbocycles. The third kappa shape index (κ3) is 5.26. The van der Waals surface area contributed by atoms with Crippen LogP contribution in [0.4, 0.5) is 11.5 Å². The van der Waals surface area contributed by atoms with Gasteiger partial charge in [-0.15, -0.1) is 10.2 Å². The maximum absolute atomic E-state index is 12.3. The molecule has 3 aromatic rings. The average molecular weight is 434 g/mol. The molecule has 32 heavy (non-hydrogen) atoms. The van der Waals surface area contributed by atoms with Gasteiger partial charge in [-0.05, 0) is 37.1 Å². The zero-order valence-corrected chi connectivity index (χ0v) is 18.2. The van der Waals surface area contributed by atoms with Crippen molar-refractivity contribution in [1.29, 1.82) is 0 Å². The molecule has 1 aliphatic heterocycles. The Morgan fingerprint density at radius 1 is 0.906 bits per heavy atom. The molecule has 1 N–H and O–H groups in total. The minimum Gasteiger partial charge on any atom is -0.496 e. The molecule has 8 heteroatoms. The van der Waals surface area contributed by atoms with Crippen molar-refractivity contribution in [2.45, 2.75) is 12.8 Å². The summed E-state index contributed by atoms with van der Waals surface area (Å²) >= 11 is 0. The van der Waals surface area contributed by atoms with E-state index in [9.17, 15) is 4.79 Å². The van der Waals surface area contributed by atoms with Crippen molar-refractivity contribution < 1.29 is 19.0 Å². The highest BCUT2D eigenvalue weighted by atomic mass is 16.5. The molecule has 0 aliphatic carbocycles. The van der Waals surface area contributed by atoms with E-state index >= 15 is 0 Å². The summed E-state index contributed by atoms with van der Waals surface area (Å²) in [5.74, 6) is 2.32. The van der Waals surface area contributed by atoms with Crippen molar-refractivity contribution in [2.24, 2.45) is 0 Å². The molecule has 1 aromatic heterocycles. The van der Waals surface area contributed by atoms with Gasteiger partial charge in [0.1, 0.15) is 17.2 Å². The standard InChI is InChI=1S/C24H26N4O4/c1-30-19-13-20(31-2)15-21(14-19)32-16-24(29)25-18-7-5-17(6-8-18)22-9-10-23(27-26-22)28-11-3-4-12-28/h5-10,13-15H,3-4,11-12,16H2,1-2H3,(H,25,29). The summed E-state index contributed by atoms with van der Waals surface area (Å²) in [6, 6.07) is 16.6. The minimum atomic E-state index is -0.269. The van der Waals surface area contributed by atoms with Crippen LogP contribution in [0.1, 0.15) is 12.8 Å². The lowest BCUT2D eigenvalue weighted by molar-refractivity contribution is -0.118. The third-order valence-electron chi connectivity index (χ3n) is 5.24. The molecule has 1 amide bonds. The van der Waals surface area contributed by atoms with Crippen LogP contribution in [0.2, 0.25) is 0 Å². The second-order valence-electron chi connectivity index (χ2n) is 7.43. The fourth-order valence-corrected chi connectivity index (χ4v) is 3.53. The number of hydrogen-bond donors (Lipinski definition) is 1. The predicted octanol–water partition coefficient (Wildman–Crippen LogP) is 3.78. The number of methoxy groups -OCH3 is 2. The molecule has 0 atom stereocenters. The van der Waals surface area contributed by atoms with Gasteiger partial charge in [0.15, 0.2) is 12.4 Å². The van der Waals surface area contributed by atoms with E-state index < -0.39 is 0 Å². The van der Waals surface area contributed by atoms with Crippen LogP contribution in [0, 0.1) is 0 Å². The molecule has 4 rings (SSSR count). The Kier molecular flexibility index (Phi) is 6.69. The van der Waals surface area contributed by atoms with Gasteiger partial charge in [-0.2, -0.15) is 0 Å². The third-order valence-corrected chi connectivity index (χ3v) is 5.24. The van der Waals surface area contributed by atoms with Gasteiger partial charge in [-0.1, -0.05) is 12.1 Å². The molecule has 1 fully saturated rings. The van der Waals surface area contributed by atoms with Crippen LogP contribution in [-0.4, -0.2) is 50.0 Å². The van der Waals surface area contributed by atoms with Gasteiger partial charge >= 0.3 is 0 Å². The van der Waals surface area contributed by atoms with Crippen molar-refractivity contribution in [3.8, 4) is 28.5 Å². The number of ether oxygens (including phenoxy) is 3. The molecule has 2 aromatic carbocycles. The Balaban J connectivity index is 1.33. The zero-order chi connectivity index (χ0) is 22.3.